The number of hydrogen-bond donors (Lipinski definition) is 2. The molecule has 8 heteroatoms. The predicted molar refractivity (Wildman–Crippen MR) is 91.2 cm³/mol. The van der Waals surface area contributed by atoms with Crippen molar-refractivity contribution in [3.8, 4) is 0 Å². The van der Waals surface area contributed by atoms with E-state index in [4.69, 9.17) is 11.6 Å². The molecule has 0 aliphatic heterocycles. The van der Waals surface area contributed by atoms with Gasteiger partial charge in [0.15, 0.2) is 10.3 Å². The van der Waals surface area contributed by atoms with Crippen molar-refractivity contribution in [2.45, 2.75) is 6.42 Å². The van der Waals surface area contributed by atoms with Gasteiger partial charge in [-0.2, -0.15) is 0 Å². The fourth-order valence-electron chi connectivity index (χ4n) is 1.83. The Morgan fingerprint density at radius 3 is 2.83 bits per heavy atom. The number of anilines is 3. The van der Waals surface area contributed by atoms with Crippen LogP contribution >= 0.6 is 22.9 Å². The molecule has 0 radical (unpaired) electrons. The third-order valence-electron chi connectivity index (χ3n) is 2.83. The minimum absolute atomic E-state index is 0.158. The van der Waals surface area contributed by atoms with Crippen LogP contribution in [0.3, 0.4) is 0 Å². The first kappa shape index (κ1) is 15.4. The fraction of sp³-hybridized carbons (Fsp3) is 0.0667. The molecule has 0 bridgehead atoms. The first-order valence-corrected chi connectivity index (χ1v) is 7.99. The molecule has 0 saturated heterocycles. The SMILES string of the molecule is O=C(Cc1csc(Nc2ccccn2)n1)Nc1cccnc1Cl. The maximum atomic E-state index is 12.0. The molecule has 0 aliphatic carbocycles. The number of halogens is 1. The van der Waals surface area contributed by atoms with Gasteiger partial charge in [-0.1, -0.05) is 17.7 Å². The standard InChI is InChI=1S/C15H12ClN5OS/c16-14-11(4-3-7-18-14)20-13(22)8-10-9-23-15(19-10)21-12-5-1-2-6-17-12/h1-7,9H,8H2,(H,20,22)(H,17,19,21). The number of hydrogen-bond acceptors (Lipinski definition) is 6. The summed E-state index contributed by atoms with van der Waals surface area (Å²) in [4.78, 5) is 24.5. The van der Waals surface area contributed by atoms with Gasteiger partial charge in [-0.25, -0.2) is 15.0 Å². The molecule has 0 aliphatic rings. The fourth-order valence-corrected chi connectivity index (χ4v) is 2.71. The maximum absolute atomic E-state index is 12.0. The van der Waals surface area contributed by atoms with Crippen molar-refractivity contribution in [1.82, 2.24) is 15.0 Å². The lowest BCUT2D eigenvalue weighted by Crippen LogP contribution is -2.15. The lowest BCUT2D eigenvalue weighted by molar-refractivity contribution is -0.115. The number of nitrogens with one attached hydrogen (secondary N) is 2. The molecular weight excluding hydrogens is 334 g/mol. The Kier molecular flexibility index (Phi) is 4.80. The third-order valence-corrected chi connectivity index (χ3v) is 3.93. The molecule has 0 spiro atoms. The molecule has 0 unspecified atom stereocenters. The van der Waals surface area contributed by atoms with E-state index in [2.05, 4.69) is 25.6 Å². The van der Waals surface area contributed by atoms with E-state index < -0.39 is 0 Å². The van der Waals surface area contributed by atoms with Gasteiger partial charge in [-0.05, 0) is 24.3 Å². The van der Waals surface area contributed by atoms with Crippen molar-refractivity contribution < 1.29 is 4.79 Å². The molecule has 0 atom stereocenters. The van der Waals surface area contributed by atoms with E-state index in [1.165, 1.54) is 11.3 Å². The van der Waals surface area contributed by atoms with E-state index in [0.717, 1.165) is 0 Å². The van der Waals surface area contributed by atoms with Crippen LogP contribution in [0.15, 0.2) is 48.1 Å². The summed E-state index contributed by atoms with van der Waals surface area (Å²) >= 11 is 7.32. The summed E-state index contributed by atoms with van der Waals surface area (Å²) in [6.07, 6.45) is 3.42. The molecule has 0 fully saturated rings. The molecule has 0 aromatic carbocycles. The van der Waals surface area contributed by atoms with Gasteiger partial charge >= 0.3 is 0 Å². The van der Waals surface area contributed by atoms with Crippen LogP contribution in [0, 0.1) is 0 Å². The van der Waals surface area contributed by atoms with Crippen LogP contribution in [0.5, 0.6) is 0 Å². The number of thiazole rings is 1. The van der Waals surface area contributed by atoms with Crippen molar-refractivity contribution in [1.29, 1.82) is 0 Å². The largest absolute Gasteiger partial charge is 0.323 e. The summed E-state index contributed by atoms with van der Waals surface area (Å²) in [6, 6.07) is 8.97. The Balaban J connectivity index is 1.60. The Morgan fingerprint density at radius 2 is 2.04 bits per heavy atom. The molecule has 2 N–H and O–H groups in total. The summed E-state index contributed by atoms with van der Waals surface area (Å²) in [5.74, 6) is 0.509. The first-order chi connectivity index (χ1) is 11.2. The number of nitrogens with zero attached hydrogens (tertiary/aromatic N) is 3. The average Bonchev–Trinajstić information content (AvgIpc) is 2.97. The molecule has 3 rings (SSSR count). The number of rotatable bonds is 5. The zero-order valence-electron chi connectivity index (χ0n) is 11.9. The van der Waals surface area contributed by atoms with Gasteiger partial charge in [-0.3, -0.25) is 4.79 Å². The highest BCUT2D eigenvalue weighted by Gasteiger charge is 2.10. The molecule has 3 aromatic heterocycles. The van der Waals surface area contributed by atoms with E-state index in [9.17, 15) is 4.79 Å². The monoisotopic (exact) mass is 345 g/mol. The Labute approximate surface area is 141 Å². The van der Waals surface area contributed by atoms with Crippen molar-refractivity contribution in [2.24, 2.45) is 0 Å². The number of carbonyl (C=O) groups excluding carboxylic acids is 1. The van der Waals surface area contributed by atoms with Gasteiger partial charge in [0.1, 0.15) is 5.82 Å². The molecule has 1 amide bonds. The number of carbonyl (C=O) groups is 1. The lowest BCUT2D eigenvalue weighted by Gasteiger charge is -2.04. The number of aromatic nitrogens is 3. The summed E-state index contributed by atoms with van der Waals surface area (Å²) in [5.41, 5.74) is 1.16. The average molecular weight is 346 g/mol. The molecule has 6 nitrogen and oxygen atoms in total. The summed E-state index contributed by atoms with van der Waals surface area (Å²) < 4.78 is 0. The predicted octanol–water partition coefficient (Wildman–Crippen LogP) is 3.51. The van der Waals surface area contributed by atoms with Crippen LogP contribution in [0.1, 0.15) is 5.69 Å². The highest BCUT2D eigenvalue weighted by molar-refractivity contribution is 7.13. The third kappa shape index (κ3) is 4.24. The highest BCUT2D eigenvalue weighted by atomic mass is 35.5. The summed E-state index contributed by atoms with van der Waals surface area (Å²) in [7, 11) is 0. The Hall–Kier alpha value is -2.51. The van der Waals surface area contributed by atoms with Crippen molar-refractivity contribution >= 4 is 45.5 Å². The van der Waals surface area contributed by atoms with Crippen LogP contribution in [-0.4, -0.2) is 20.9 Å². The molecule has 0 saturated carbocycles. The minimum Gasteiger partial charge on any atom is -0.323 e. The van der Waals surface area contributed by atoms with Gasteiger partial charge < -0.3 is 10.6 Å². The second kappa shape index (κ2) is 7.17. The van der Waals surface area contributed by atoms with E-state index in [1.54, 1.807) is 24.5 Å². The van der Waals surface area contributed by atoms with Crippen LogP contribution in [0.4, 0.5) is 16.6 Å². The topological polar surface area (TPSA) is 79.8 Å². The van der Waals surface area contributed by atoms with E-state index >= 15 is 0 Å². The zero-order chi connectivity index (χ0) is 16.1. The second-order valence-electron chi connectivity index (χ2n) is 4.55. The quantitative estimate of drug-likeness (QED) is 0.692. The summed E-state index contributed by atoms with van der Waals surface area (Å²) in [5, 5.41) is 8.58. The second-order valence-corrected chi connectivity index (χ2v) is 5.77. The zero-order valence-corrected chi connectivity index (χ0v) is 13.4. The van der Waals surface area contributed by atoms with Crippen LogP contribution < -0.4 is 10.6 Å². The van der Waals surface area contributed by atoms with E-state index in [1.807, 2.05) is 23.6 Å². The summed E-state index contributed by atoms with van der Waals surface area (Å²) in [6.45, 7) is 0. The molecule has 23 heavy (non-hydrogen) atoms. The van der Waals surface area contributed by atoms with E-state index in [-0.39, 0.29) is 17.5 Å². The molecule has 3 heterocycles. The molecule has 3 aromatic rings. The lowest BCUT2D eigenvalue weighted by atomic mass is 10.3. The van der Waals surface area contributed by atoms with Gasteiger partial charge in [-0.15, -0.1) is 11.3 Å². The number of amides is 1. The van der Waals surface area contributed by atoms with Crippen LogP contribution in [-0.2, 0) is 11.2 Å². The van der Waals surface area contributed by atoms with Gasteiger partial charge in [0, 0.05) is 17.8 Å². The normalized spacial score (nSPS) is 10.3. The molecular formula is C15H12ClN5OS. The maximum Gasteiger partial charge on any atom is 0.230 e. The van der Waals surface area contributed by atoms with Crippen LogP contribution in [0.25, 0.3) is 0 Å². The molecule has 116 valence electrons. The van der Waals surface area contributed by atoms with Gasteiger partial charge in [0.05, 0.1) is 17.8 Å². The van der Waals surface area contributed by atoms with Gasteiger partial charge in [0.25, 0.3) is 0 Å². The van der Waals surface area contributed by atoms with Crippen molar-refractivity contribution in [2.75, 3.05) is 10.6 Å². The first-order valence-electron chi connectivity index (χ1n) is 6.73. The van der Waals surface area contributed by atoms with Crippen molar-refractivity contribution in [3.05, 3.63) is 59.0 Å². The van der Waals surface area contributed by atoms with E-state index in [0.29, 0.717) is 22.3 Å². The minimum atomic E-state index is -0.199. The number of pyridine rings is 2. The van der Waals surface area contributed by atoms with Crippen LogP contribution in [0.2, 0.25) is 5.15 Å². The highest BCUT2D eigenvalue weighted by Crippen LogP contribution is 2.21. The smallest absolute Gasteiger partial charge is 0.230 e. The van der Waals surface area contributed by atoms with Crippen molar-refractivity contribution in [3.63, 3.8) is 0 Å². The Morgan fingerprint density at radius 1 is 1.17 bits per heavy atom. The van der Waals surface area contributed by atoms with Gasteiger partial charge in [0.2, 0.25) is 5.91 Å². The Bertz CT molecular complexity index is 808.